The highest BCUT2D eigenvalue weighted by Crippen LogP contribution is 2.16. The van der Waals surface area contributed by atoms with E-state index < -0.39 is 11.7 Å². The van der Waals surface area contributed by atoms with Crippen molar-refractivity contribution in [1.82, 2.24) is 4.98 Å². The van der Waals surface area contributed by atoms with Gasteiger partial charge in [-0.15, -0.1) is 0 Å². The van der Waals surface area contributed by atoms with Crippen LogP contribution in [-0.2, 0) is 0 Å². The summed E-state index contributed by atoms with van der Waals surface area (Å²) in [6, 6.07) is 8.05. The van der Waals surface area contributed by atoms with Crippen LogP contribution in [0.25, 0.3) is 0 Å². The van der Waals surface area contributed by atoms with Crippen LogP contribution < -0.4 is 10.6 Å². The van der Waals surface area contributed by atoms with Gasteiger partial charge < -0.3 is 10.6 Å². The first-order valence-corrected chi connectivity index (χ1v) is 6.37. The van der Waals surface area contributed by atoms with Crippen molar-refractivity contribution < 1.29 is 9.18 Å². The zero-order valence-corrected chi connectivity index (χ0v) is 11.4. The predicted molar refractivity (Wildman–Crippen MR) is 77.5 cm³/mol. The summed E-state index contributed by atoms with van der Waals surface area (Å²) in [5, 5.41) is 5.61. The average molecular weight is 273 g/mol. The minimum atomic E-state index is -0.457. The zero-order valence-electron chi connectivity index (χ0n) is 11.4. The lowest BCUT2D eigenvalue weighted by Crippen LogP contribution is -2.15. The molecule has 1 aromatic heterocycles. The van der Waals surface area contributed by atoms with Gasteiger partial charge in [-0.1, -0.05) is 6.07 Å². The first kappa shape index (κ1) is 14.0. The lowest BCUT2D eigenvalue weighted by molar-refractivity contribution is 0.102. The van der Waals surface area contributed by atoms with Crippen LogP contribution in [0.4, 0.5) is 15.8 Å². The fraction of sp³-hybridized carbons (Fsp3) is 0.200. The van der Waals surface area contributed by atoms with Crippen molar-refractivity contribution in [3.05, 3.63) is 53.6 Å². The molecule has 0 radical (unpaired) electrons. The Kier molecular flexibility index (Phi) is 4.30. The molecule has 20 heavy (non-hydrogen) atoms. The molecular weight excluding hydrogens is 257 g/mol. The Balaban J connectivity index is 2.17. The summed E-state index contributed by atoms with van der Waals surface area (Å²) >= 11 is 0. The number of anilines is 2. The Labute approximate surface area is 117 Å². The molecule has 0 fully saturated rings. The summed E-state index contributed by atoms with van der Waals surface area (Å²) in [6.45, 7) is 4.50. The van der Waals surface area contributed by atoms with E-state index in [2.05, 4.69) is 15.6 Å². The van der Waals surface area contributed by atoms with Gasteiger partial charge in [0.25, 0.3) is 5.91 Å². The molecule has 1 amide bonds. The Morgan fingerprint density at radius 3 is 2.80 bits per heavy atom. The molecule has 5 heteroatoms. The molecular formula is C15H16FN3O. The van der Waals surface area contributed by atoms with E-state index in [9.17, 15) is 9.18 Å². The van der Waals surface area contributed by atoms with E-state index in [-0.39, 0.29) is 11.4 Å². The van der Waals surface area contributed by atoms with Crippen LogP contribution in [0.3, 0.4) is 0 Å². The number of carbonyl (C=O) groups excluding carboxylic acids is 1. The molecule has 0 aliphatic carbocycles. The van der Waals surface area contributed by atoms with Gasteiger partial charge in [0.05, 0.1) is 5.69 Å². The molecule has 104 valence electrons. The van der Waals surface area contributed by atoms with Gasteiger partial charge in [0.1, 0.15) is 11.5 Å². The molecule has 2 aromatic rings. The Hall–Kier alpha value is -2.43. The summed E-state index contributed by atoms with van der Waals surface area (Å²) < 4.78 is 13.7. The Morgan fingerprint density at radius 1 is 1.30 bits per heavy atom. The highest BCUT2D eigenvalue weighted by atomic mass is 19.1. The molecule has 1 aromatic carbocycles. The number of amides is 1. The molecule has 2 rings (SSSR count). The van der Waals surface area contributed by atoms with Crippen molar-refractivity contribution in [3.8, 4) is 0 Å². The smallest absolute Gasteiger partial charge is 0.274 e. The van der Waals surface area contributed by atoms with Crippen LogP contribution in [0, 0.1) is 12.7 Å². The molecule has 1 heterocycles. The molecule has 4 nitrogen and oxygen atoms in total. The van der Waals surface area contributed by atoms with Crippen molar-refractivity contribution in [3.63, 3.8) is 0 Å². The minimum absolute atomic E-state index is 0.149. The number of aryl methyl sites for hydroxylation is 1. The summed E-state index contributed by atoms with van der Waals surface area (Å²) in [4.78, 5) is 16.0. The van der Waals surface area contributed by atoms with Crippen LogP contribution in [0.15, 0.2) is 36.5 Å². The van der Waals surface area contributed by atoms with Gasteiger partial charge in [-0.2, -0.15) is 0 Å². The largest absolute Gasteiger partial charge is 0.385 e. The molecule has 0 saturated carbocycles. The van der Waals surface area contributed by atoms with Gasteiger partial charge in [-0.3, -0.25) is 9.78 Å². The summed E-state index contributed by atoms with van der Waals surface area (Å²) in [5.74, 6) is -0.895. The monoisotopic (exact) mass is 273 g/mol. The van der Waals surface area contributed by atoms with Crippen LogP contribution in [0.2, 0.25) is 0 Å². The van der Waals surface area contributed by atoms with E-state index in [1.165, 1.54) is 12.1 Å². The van der Waals surface area contributed by atoms with E-state index in [1.54, 1.807) is 31.3 Å². The van der Waals surface area contributed by atoms with Gasteiger partial charge in [0.2, 0.25) is 0 Å². The molecule has 2 N–H and O–H groups in total. The predicted octanol–water partition coefficient (Wildman–Crippen LogP) is 3.21. The van der Waals surface area contributed by atoms with Crippen molar-refractivity contribution in [2.45, 2.75) is 13.8 Å². The third-order valence-electron chi connectivity index (χ3n) is 2.75. The number of pyridine rings is 1. The van der Waals surface area contributed by atoms with E-state index in [0.29, 0.717) is 0 Å². The Morgan fingerprint density at radius 2 is 2.10 bits per heavy atom. The maximum Gasteiger partial charge on any atom is 0.274 e. The first-order chi connectivity index (χ1) is 9.60. The minimum Gasteiger partial charge on any atom is -0.385 e. The number of halogens is 1. The second-order valence-corrected chi connectivity index (χ2v) is 4.40. The number of hydrogen-bond acceptors (Lipinski definition) is 3. The topological polar surface area (TPSA) is 54.0 Å². The second-order valence-electron chi connectivity index (χ2n) is 4.40. The fourth-order valence-electron chi connectivity index (χ4n) is 1.78. The van der Waals surface area contributed by atoms with E-state index in [0.717, 1.165) is 17.8 Å². The molecule has 0 atom stereocenters. The van der Waals surface area contributed by atoms with Crippen LogP contribution in [0.1, 0.15) is 23.0 Å². The van der Waals surface area contributed by atoms with Crippen LogP contribution >= 0.6 is 0 Å². The van der Waals surface area contributed by atoms with E-state index in [4.69, 9.17) is 0 Å². The molecule has 0 spiro atoms. The van der Waals surface area contributed by atoms with Crippen LogP contribution in [-0.4, -0.2) is 17.4 Å². The SMILES string of the molecule is CCNc1ccnc(C(=O)Nc2ccc(C)cc2F)c1. The number of nitrogens with one attached hydrogen (secondary N) is 2. The average Bonchev–Trinajstić information content (AvgIpc) is 2.42. The van der Waals surface area contributed by atoms with Gasteiger partial charge in [0, 0.05) is 18.4 Å². The highest BCUT2D eigenvalue weighted by Gasteiger charge is 2.11. The van der Waals surface area contributed by atoms with E-state index in [1.807, 2.05) is 6.92 Å². The third-order valence-corrected chi connectivity index (χ3v) is 2.75. The molecule has 0 aliphatic heterocycles. The molecule has 0 aliphatic rings. The quantitative estimate of drug-likeness (QED) is 0.899. The maximum atomic E-state index is 13.7. The maximum absolute atomic E-state index is 13.7. The van der Waals surface area contributed by atoms with Gasteiger partial charge in [-0.25, -0.2) is 4.39 Å². The molecule has 0 unspecified atom stereocenters. The third kappa shape index (κ3) is 3.32. The zero-order chi connectivity index (χ0) is 14.5. The first-order valence-electron chi connectivity index (χ1n) is 6.37. The van der Waals surface area contributed by atoms with Crippen molar-refractivity contribution in [1.29, 1.82) is 0 Å². The van der Waals surface area contributed by atoms with Crippen molar-refractivity contribution >= 4 is 17.3 Å². The van der Waals surface area contributed by atoms with Gasteiger partial charge >= 0.3 is 0 Å². The fourth-order valence-corrected chi connectivity index (χ4v) is 1.78. The summed E-state index contributed by atoms with van der Waals surface area (Å²) in [6.07, 6.45) is 1.54. The Bertz CT molecular complexity index is 628. The number of nitrogens with zero attached hydrogens (tertiary/aromatic N) is 1. The molecule has 0 bridgehead atoms. The molecule has 0 saturated heterocycles. The normalized spacial score (nSPS) is 10.2. The van der Waals surface area contributed by atoms with E-state index >= 15 is 0 Å². The number of carbonyl (C=O) groups is 1. The van der Waals surface area contributed by atoms with Crippen molar-refractivity contribution in [2.24, 2.45) is 0 Å². The van der Waals surface area contributed by atoms with Gasteiger partial charge in [-0.05, 0) is 43.7 Å². The standard InChI is InChI=1S/C15H16FN3O/c1-3-17-11-6-7-18-14(9-11)15(20)19-13-5-4-10(2)8-12(13)16/h4-9H,3H2,1-2H3,(H,17,18)(H,19,20). The van der Waals surface area contributed by atoms with Crippen LogP contribution in [0.5, 0.6) is 0 Å². The second kappa shape index (κ2) is 6.14. The van der Waals surface area contributed by atoms with Gasteiger partial charge in [0.15, 0.2) is 0 Å². The number of aromatic nitrogens is 1. The number of benzene rings is 1. The lowest BCUT2D eigenvalue weighted by atomic mass is 10.2. The van der Waals surface area contributed by atoms with Crippen molar-refractivity contribution in [2.75, 3.05) is 17.2 Å². The number of rotatable bonds is 4. The summed E-state index contributed by atoms with van der Waals surface area (Å²) in [5.41, 5.74) is 1.99. The summed E-state index contributed by atoms with van der Waals surface area (Å²) in [7, 11) is 0. The lowest BCUT2D eigenvalue weighted by Gasteiger charge is -2.08. The number of hydrogen-bond donors (Lipinski definition) is 2. The highest BCUT2D eigenvalue weighted by molar-refractivity contribution is 6.03.